The zero-order valence-electron chi connectivity index (χ0n) is 20.0. The highest BCUT2D eigenvalue weighted by Gasteiger charge is 2.52. The van der Waals surface area contributed by atoms with E-state index in [4.69, 9.17) is 9.47 Å². The Balaban J connectivity index is 1.46. The van der Waals surface area contributed by atoms with E-state index in [0.717, 1.165) is 11.1 Å². The maximum Gasteiger partial charge on any atom is 0.334 e. The topological polar surface area (TPSA) is 85.8 Å². The molecule has 0 spiro atoms. The van der Waals surface area contributed by atoms with Crippen molar-refractivity contribution in [2.75, 3.05) is 6.61 Å². The largest absolute Gasteiger partial charge is 0.461 e. The first kappa shape index (κ1) is 24.5. The van der Waals surface area contributed by atoms with Gasteiger partial charge in [0.2, 0.25) is 0 Å². The van der Waals surface area contributed by atoms with Crippen LogP contribution in [-0.2, 0) is 23.9 Å². The maximum absolute atomic E-state index is 13.8. The van der Waals surface area contributed by atoms with Gasteiger partial charge in [0.05, 0.1) is 11.3 Å². The van der Waals surface area contributed by atoms with Gasteiger partial charge in [-0.2, -0.15) is 0 Å². The van der Waals surface area contributed by atoms with E-state index >= 15 is 0 Å². The van der Waals surface area contributed by atoms with E-state index in [2.05, 4.69) is 4.98 Å². The summed E-state index contributed by atoms with van der Waals surface area (Å²) in [5.41, 5.74) is 3.31. The molecule has 5 rings (SSSR count). The summed E-state index contributed by atoms with van der Waals surface area (Å²) in [5.74, 6) is -1.35. The average Bonchev–Trinajstić information content (AvgIpc) is 2.94. The van der Waals surface area contributed by atoms with Crippen molar-refractivity contribution < 1.29 is 23.9 Å². The quantitative estimate of drug-likeness (QED) is 0.261. The number of rotatable bonds is 7. The van der Waals surface area contributed by atoms with E-state index in [-0.39, 0.29) is 17.9 Å². The number of carbonyl (C=O) groups is 3. The van der Waals surface area contributed by atoms with Crippen LogP contribution in [0.15, 0.2) is 102 Å². The predicted octanol–water partition coefficient (Wildman–Crippen LogP) is 4.53. The van der Waals surface area contributed by atoms with Crippen LogP contribution in [0.1, 0.15) is 29.8 Å². The number of fused-ring (bicyclic) bond motifs is 1. The monoisotopic (exact) mass is 512 g/mol. The molecule has 0 radical (unpaired) electrons. The molecule has 1 saturated heterocycles. The SMILES string of the molecule is CC(=O)OCC1=CS[C@@H]2/C(=C/c3ccccn3)C(=O)N2[C@H]1C(=O)OC(c1ccccc1)c1ccccc1. The molecule has 8 heteroatoms. The minimum Gasteiger partial charge on any atom is -0.461 e. The number of hydrogen-bond donors (Lipinski definition) is 0. The molecule has 2 aliphatic heterocycles. The molecular weight excluding hydrogens is 488 g/mol. The van der Waals surface area contributed by atoms with E-state index in [0.29, 0.717) is 16.8 Å². The van der Waals surface area contributed by atoms with Crippen molar-refractivity contribution >= 4 is 35.7 Å². The fraction of sp³-hybridized carbons (Fsp3) is 0.172. The van der Waals surface area contributed by atoms with Gasteiger partial charge in [-0.15, -0.1) is 11.8 Å². The van der Waals surface area contributed by atoms with Crippen LogP contribution < -0.4 is 0 Å². The van der Waals surface area contributed by atoms with Gasteiger partial charge in [-0.1, -0.05) is 66.7 Å². The van der Waals surface area contributed by atoms with Crippen LogP contribution >= 0.6 is 11.8 Å². The molecule has 2 atom stereocenters. The number of thioether (sulfide) groups is 1. The van der Waals surface area contributed by atoms with Gasteiger partial charge in [0.15, 0.2) is 12.1 Å². The number of ether oxygens (including phenoxy) is 2. The molecule has 0 bridgehead atoms. The Morgan fingerprint density at radius 1 is 1.00 bits per heavy atom. The Bertz CT molecular complexity index is 1320. The van der Waals surface area contributed by atoms with Crippen LogP contribution in [0.3, 0.4) is 0 Å². The number of hydrogen-bond acceptors (Lipinski definition) is 7. The summed E-state index contributed by atoms with van der Waals surface area (Å²) in [5, 5.41) is 1.41. The molecule has 3 aromatic rings. The summed E-state index contributed by atoms with van der Waals surface area (Å²) in [7, 11) is 0. The van der Waals surface area contributed by atoms with Crippen LogP contribution in [0, 0.1) is 0 Å². The lowest BCUT2D eigenvalue weighted by Gasteiger charge is -2.48. The molecule has 0 saturated carbocycles. The lowest BCUT2D eigenvalue weighted by atomic mass is 9.96. The fourth-order valence-electron chi connectivity index (χ4n) is 4.31. The first-order valence-electron chi connectivity index (χ1n) is 11.8. The molecule has 0 aliphatic carbocycles. The van der Waals surface area contributed by atoms with Crippen LogP contribution in [0.2, 0.25) is 0 Å². The Morgan fingerprint density at radius 2 is 1.65 bits per heavy atom. The van der Waals surface area contributed by atoms with Crippen LogP contribution in [-0.4, -0.2) is 45.8 Å². The third-order valence-electron chi connectivity index (χ3n) is 6.07. The summed E-state index contributed by atoms with van der Waals surface area (Å²) < 4.78 is 11.3. The summed E-state index contributed by atoms with van der Waals surface area (Å²) in [6, 6.07) is 23.3. The molecule has 1 amide bonds. The van der Waals surface area contributed by atoms with Gasteiger partial charge < -0.3 is 14.4 Å². The lowest BCUT2D eigenvalue weighted by Crippen LogP contribution is -2.62. The van der Waals surface area contributed by atoms with Gasteiger partial charge in [-0.25, -0.2) is 4.79 Å². The van der Waals surface area contributed by atoms with Crippen molar-refractivity contribution in [2.45, 2.75) is 24.4 Å². The number of carbonyl (C=O) groups excluding carboxylic acids is 3. The Labute approximate surface area is 218 Å². The second-order valence-corrected chi connectivity index (χ2v) is 9.52. The number of aromatic nitrogens is 1. The van der Waals surface area contributed by atoms with E-state index in [9.17, 15) is 14.4 Å². The molecule has 2 aliphatic rings. The summed E-state index contributed by atoms with van der Waals surface area (Å²) in [6.45, 7) is 1.19. The highest BCUT2D eigenvalue weighted by molar-refractivity contribution is 8.03. The Kier molecular flexibility index (Phi) is 7.18. The number of nitrogens with zero attached hydrogens (tertiary/aromatic N) is 2. The molecule has 0 unspecified atom stereocenters. The minimum atomic E-state index is -1.02. The summed E-state index contributed by atoms with van der Waals surface area (Å²) in [4.78, 5) is 44.4. The minimum absolute atomic E-state index is 0.112. The highest BCUT2D eigenvalue weighted by Crippen LogP contribution is 2.44. The molecule has 186 valence electrons. The normalized spacial score (nSPS) is 19.6. The first-order valence-corrected chi connectivity index (χ1v) is 12.7. The molecule has 3 heterocycles. The van der Waals surface area contributed by atoms with Gasteiger partial charge in [0, 0.05) is 18.7 Å². The Morgan fingerprint density at radius 3 is 2.24 bits per heavy atom. The van der Waals surface area contributed by atoms with Gasteiger partial charge in [-0.05, 0) is 34.7 Å². The lowest BCUT2D eigenvalue weighted by molar-refractivity contribution is -0.159. The van der Waals surface area contributed by atoms with E-state index in [1.807, 2.05) is 72.8 Å². The zero-order valence-corrected chi connectivity index (χ0v) is 20.8. The van der Waals surface area contributed by atoms with E-state index < -0.39 is 24.1 Å². The van der Waals surface area contributed by atoms with Crippen molar-refractivity contribution in [1.82, 2.24) is 9.88 Å². The molecule has 1 aromatic heterocycles. The van der Waals surface area contributed by atoms with Gasteiger partial charge in [0.25, 0.3) is 5.91 Å². The zero-order chi connectivity index (χ0) is 25.8. The van der Waals surface area contributed by atoms with E-state index in [1.54, 1.807) is 23.7 Å². The molecule has 7 nitrogen and oxygen atoms in total. The molecule has 0 N–H and O–H groups in total. The Hall–Kier alpha value is -4.17. The third-order valence-corrected chi connectivity index (χ3v) is 7.25. The number of benzene rings is 2. The van der Waals surface area contributed by atoms with Crippen LogP contribution in [0.4, 0.5) is 0 Å². The number of β-lactam (4-membered cyclic amide) rings is 1. The molecule has 2 aromatic carbocycles. The second-order valence-electron chi connectivity index (χ2n) is 8.57. The number of pyridine rings is 1. The smallest absolute Gasteiger partial charge is 0.334 e. The predicted molar refractivity (Wildman–Crippen MR) is 140 cm³/mol. The van der Waals surface area contributed by atoms with Crippen molar-refractivity contribution in [3.63, 3.8) is 0 Å². The van der Waals surface area contributed by atoms with Crippen molar-refractivity contribution in [1.29, 1.82) is 0 Å². The van der Waals surface area contributed by atoms with Gasteiger partial charge >= 0.3 is 11.9 Å². The van der Waals surface area contributed by atoms with Crippen LogP contribution in [0.5, 0.6) is 0 Å². The number of esters is 2. The van der Waals surface area contributed by atoms with Gasteiger partial charge in [-0.3, -0.25) is 14.6 Å². The molecular formula is C29H24N2O5S. The summed E-state index contributed by atoms with van der Waals surface area (Å²) in [6.07, 6.45) is 2.73. The van der Waals surface area contributed by atoms with Crippen LogP contribution in [0.25, 0.3) is 6.08 Å². The first-order chi connectivity index (χ1) is 18.0. The second kappa shape index (κ2) is 10.8. The maximum atomic E-state index is 13.8. The number of amides is 1. The van der Waals surface area contributed by atoms with Crippen molar-refractivity contribution in [3.05, 3.63) is 118 Å². The van der Waals surface area contributed by atoms with Crippen molar-refractivity contribution in [3.8, 4) is 0 Å². The van der Waals surface area contributed by atoms with E-state index in [1.165, 1.54) is 23.6 Å². The standard InChI is InChI=1S/C29H24N2O5S/c1-19(32)35-17-22-18-37-28-24(16-23-14-8-9-15-30-23)27(33)31(28)25(22)29(34)36-26(20-10-4-2-5-11-20)21-12-6-3-7-13-21/h2-16,18,25-26,28H,17H2,1H3/b24-16+/t25-,28-/m1/s1. The third kappa shape index (κ3) is 5.20. The highest BCUT2D eigenvalue weighted by atomic mass is 32.2. The van der Waals surface area contributed by atoms with Gasteiger partial charge in [0.1, 0.15) is 12.0 Å². The average molecular weight is 513 g/mol. The van der Waals surface area contributed by atoms with Crippen molar-refractivity contribution in [2.24, 2.45) is 0 Å². The molecule has 1 fully saturated rings. The molecule has 37 heavy (non-hydrogen) atoms. The fourth-order valence-corrected chi connectivity index (χ4v) is 5.48. The summed E-state index contributed by atoms with van der Waals surface area (Å²) >= 11 is 1.38.